The second-order valence-corrected chi connectivity index (χ2v) is 8.84. The number of nitrogens with zero attached hydrogens (tertiary/aromatic N) is 2. The van der Waals surface area contributed by atoms with Gasteiger partial charge in [0.05, 0.1) is 11.8 Å². The Balaban J connectivity index is 1.20. The molecule has 3 atom stereocenters. The number of piperidine rings is 1. The van der Waals surface area contributed by atoms with E-state index < -0.39 is 0 Å². The number of fused-ring (bicyclic) bond motifs is 2. The van der Waals surface area contributed by atoms with Gasteiger partial charge < -0.3 is 15.0 Å². The van der Waals surface area contributed by atoms with Gasteiger partial charge in [-0.2, -0.15) is 0 Å². The Hall–Kier alpha value is -0.650. The zero-order valence-corrected chi connectivity index (χ0v) is 14.8. The Morgan fingerprint density at radius 1 is 1.30 bits per heavy atom. The summed E-state index contributed by atoms with van der Waals surface area (Å²) in [5.74, 6) is 0.801. The highest BCUT2D eigenvalue weighted by Gasteiger charge is 2.66. The molecule has 5 rings (SSSR count). The molecule has 4 nitrogen and oxygen atoms in total. The van der Waals surface area contributed by atoms with E-state index in [1.807, 2.05) is 0 Å². The molecule has 1 N–H and O–H groups in total. The minimum absolute atomic E-state index is 0.519. The summed E-state index contributed by atoms with van der Waals surface area (Å²) in [4.78, 5) is 7.11. The average Bonchev–Trinajstić information content (AvgIpc) is 3.12. The Morgan fingerprint density at radius 3 is 2.78 bits per heavy atom. The molecule has 1 aromatic heterocycles. The molecular formula is C18H27N3OS. The van der Waals surface area contributed by atoms with E-state index in [9.17, 15) is 0 Å². The lowest BCUT2D eigenvalue weighted by atomic mass is 9.46. The molecule has 0 radical (unpaired) electrons. The number of rotatable bonds is 3. The van der Waals surface area contributed by atoms with Crippen molar-refractivity contribution in [3.05, 3.63) is 11.1 Å². The van der Waals surface area contributed by atoms with Crippen LogP contribution in [0.1, 0.15) is 44.2 Å². The van der Waals surface area contributed by atoms with Gasteiger partial charge in [-0.3, -0.25) is 0 Å². The molecule has 3 heterocycles. The number of aromatic nitrogens is 1. The second-order valence-electron chi connectivity index (χ2n) is 8.01. The third-order valence-electron chi connectivity index (χ3n) is 6.82. The first kappa shape index (κ1) is 14.7. The molecule has 3 unspecified atom stereocenters. The van der Waals surface area contributed by atoms with Crippen molar-refractivity contribution in [3.8, 4) is 0 Å². The lowest BCUT2D eigenvalue weighted by molar-refractivity contribution is -0.178. The molecule has 2 saturated carbocycles. The molecule has 4 fully saturated rings. The number of hydrogen-bond acceptors (Lipinski definition) is 5. The van der Waals surface area contributed by atoms with E-state index in [0.717, 1.165) is 37.4 Å². The molecule has 0 aromatic carbocycles. The average molecular weight is 334 g/mol. The smallest absolute Gasteiger partial charge is 0.185 e. The van der Waals surface area contributed by atoms with Crippen LogP contribution in [0.5, 0.6) is 0 Å². The van der Waals surface area contributed by atoms with Crippen LogP contribution in [0.2, 0.25) is 0 Å². The number of hydrogen-bond donors (Lipinski definition) is 1. The van der Waals surface area contributed by atoms with Crippen LogP contribution in [0.4, 0.5) is 5.13 Å². The predicted molar refractivity (Wildman–Crippen MR) is 93.1 cm³/mol. The minimum atomic E-state index is 0.519. The van der Waals surface area contributed by atoms with Crippen LogP contribution < -0.4 is 10.2 Å². The van der Waals surface area contributed by atoms with E-state index >= 15 is 0 Å². The maximum atomic E-state index is 6.05. The van der Waals surface area contributed by atoms with Gasteiger partial charge in [-0.25, -0.2) is 4.98 Å². The molecule has 4 aliphatic rings. The molecular weight excluding hydrogens is 306 g/mol. The lowest BCUT2D eigenvalue weighted by Gasteiger charge is -2.64. The minimum Gasteiger partial charge on any atom is -0.377 e. The van der Waals surface area contributed by atoms with Gasteiger partial charge in [0.15, 0.2) is 5.13 Å². The molecule has 1 spiro atoms. The monoisotopic (exact) mass is 333 g/mol. The summed E-state index contributed by atoms with van der Waals surface area (Å²) in [5, 5.41) is 7.45. The van der Waals surface area contributed by atoms with Gasteiger partial charge in [-0.15, -0.1) is 11.3 Å². The van der Waals surface area contributed by atoms with Crippen LogP contribution >= 0.6 is 11.3 Å². The first-order chi connectivity index (χ1) is 11.3. The Morgan fingerprint density at radius 2 is 2.13 bits per heavy atom. The number of ether oxygens (including phenoxy) is 1. The maximum absolute atomic E-state index is 6.05. The van der Waals surface area contributed by atoms with E-state index in [4.69, 9.17) is 4.74 Å². The summed E-state index contributed by atoms with van der Waals surface area (Å²) >= 11 is 1.79. The zero-order valence-electron chi connectivity index (χ0n) is 14.0. The van der Waals surface area contributed by atoms with Crippen molar-refractivity contribution in [3.63, 3.8) is 0 Å². The fraction of sp³-hybridized carbons (Fsp3) is 0.833. The van der Waals surface area contributed by atoms with Crippen LogP contribution in [0.25, 0.3) is 0 Å². The van der Waals surface area contributed by atoms with Crippen molar-refractivity contribution in [2.24, 2.45) is 11.3 Å². The van der Waals surface area contributed by atoms with Gasteiger partial charge in [0.25, 0.3) is 0 Å². The number of aryl methyl sites for hydroxylation is 1. The summed E-state index contributed by atoms with van der Waals surface area (Å²) < 4.78 is 6.05. The van der Waals surface area contributed by atoms with Gasteiger partial charge in [0, 0.05) is 48.5 Å². The number of anilines is 1. The summed E-state index contributed by atoms with van der Waals surface area (Å²) in [5.41, 5.74) is 1.67. The normalized spacial score (nSPS) is 35.9. The predicted octanol–water partition coefficient (Wildman–Crippen LogP) is 2.97. The van der Waals surface area contributed by atoms with Crippen LogP contribution in [0.3, 0.4) is 0 Å². The highest BCUT2D eigenvalue weighted by atomic mass is 32.1. The molecule has 1 aromatic rings. The summed E-state index contributed by atoms with van der Waals surface area (Å²) in [6, 6.07) is 1.43. The van der Waals surface area contributed by atoms with Crippen LogP contribution in [-0.2, 0) is 4.74 Å². The van der Waals surface area contributed by atoms with Crippen molar-refractivity contribution < 1.29 is 4.74 Å². The van der Waals surface area contributed by atoms with Gasteiger partial charge in [0.1, 0.15) is 0 Å². The third-order valence-corrected chi connectivity index (χ3v) is 7.84. The van der Waals surface area contributed by atoms with Crippen molar-refractivity contribution in [2.75, 3.05) is 24.6 Å². The molecule has 5 heteroatoms. The topological polar surface area (TPSA) is 37.4 Å². The van der Waals surface area contributed by atoms with Crippen molar-refractivity contribution >= 4 is 16.5 Å². The molecule has 2 aliphatic carbocycles. The van der Waals surface area contributed by atoms with Crippen molar-refractivity contribution in [1.82, 2.24) is 10.3 Å². The van der Waals surface area contributed by atoms with Crippen LogP contribution in [-0.4, -0.2) is 42.9 Å². The standard InChI is InChI=1S/C18H27N3OS/c1-12-11-23-17(19-12)21-8-3-13(4-9-21)20-15-14-5-10-22-16(14)18(15)6-2-7-18/h11,13-16,20H,2-10H2,1H3. The highest BCUT2D eigenvalue weighted by molar-refractivity contribution is 7.13. The Labute approximate surface area is 142 Å². The van der Waals surface area contributed by atoms with Gasteiger partial charge >= 0.3 is 0 Å². The van der Waals surface area contributed by atoms with Crippen LogP contribution in [0.15, 0.2) is 5.38 Å². The largest absolute Gasteiger partial charge is 0.377 e. The van der Waals surface area contributed by atoms with E-state index in [1.165, 1.54) is 43.7 Å². The van der Waals surface area contributed by atoms with Gasteiger partial charge in [0.2, 0.25) is 0 Å². The van der Waals surface area contributed by atoms with E-state index in [0.29, 0.717) is 17.6 Å². The summed E-state index contributed by atoms with van der Waals surface area (Å²) in [6.45, 7) is 5.38. The molecule has 2 aliphatic heterocycles. The first-order valence-corrected chi connectivity index (χ1v) is 10.2. The summed E-state index contributed by atoms with van der Waals surface area (Å²) in [6.07, 6.45) is 8.57. The van der Waals surface area contributed by atoms with Gasteiger partial charge in [-0.05, 0) is 39.0 Å². The molecule has 23 heavy (non-hydrogen) atoms. The molecule has 2 saturated heterocycles. The number of thiazole rings is 1. The van der Waals surface area contributed by atoms with Crippen molar-refractivity contribution in [2.45, 2.75) is 63.6 Å². The Kier molecular flexibility index (Phi) is 3.46. The molecule has 0 bridgehead atoms. The third kappa shape index (κ3) is 2.19. The highest BCUT2D eigenvalue weighted by Crippen LogP contribution is 2.63. The fourth-order valence-electron chi connectivity index (χ4n) is 5.47. The Bertz CT molecular complexity index is 577. The lowest BCUT2D eigenvalue weighted by Crippen LogP contribution is -2.72. The summed E-state index contributed by atoms with van der Waals surface area (Å²) in [7, 11) is 0. The quantitative estimate of drug-likeness (QED) is 0.923. The fourth-order valence-corrected chi connectivity index (χ4v) is 6.33. The van der Waals surface area contributed by atoms with E-state index in [2.05, 4.69) is 27.5 Å². The SMILES string of the molecule is Cc1csc(N2CCC(NC3C4CCOC4C34CCC4)CC2)n1. The zero-order chi connectivity index (χ0) is 15.4. The van der Waals surface area contributed by atoms with E-state index in [1.54, 1.807) is 11.3 Å². The van der Waals surface area contributed by atoms with Gasteiger partial charge in [-0.1, -0.05) is 6.42 Å². The van der Waals surface area contributed by atoms with E-state index in [-0.39, 0.29) is 0 Å². The first-order valence-electron chi connectivity index (χ1n) is 9.31. The van der Waals surface area contributed by atoms with Crippen LogP contribution in [0, 0.1) is 18.3 Å². The molecule has 0 amide bonds. The second kappa shape index (κ2) is 5.43. The maximum Gasteiger partial charge on any atom is 0.185 e. The molecule has 126 valence electrons. The number of nitrogens with one attached hydrogen (secondary N) is 1. The van der Waals surface area contributed by atoms with Crippen molar-refractivity contribution in [1.29, 1.82) is 0 Å².